The first-order valence-corrected chi connectivity index (χ1v) is 9.91. The number of pyridine rings is 1. The van der Waals surface area contributed by atoms with E-state index < -0.39 is 0 Å². The quantitative estimate of drug-likeness (QED) is 0.781. The average Bonchev–Trinajstić information content (AvgIpc) is 2.67. The molecule has 0 saturated carbocycles. The van der Waals surface area contributed by atoms with E-state index in [1.54, 1.807) is 16.7 Å². The van der Waals surface area contributed by atoms with E-state index in [4.69, 9.17) is 4.74 Å². The minimum Gasteiger partial charge on any atom is -0.381 e. The Labute approximate surface area is 155 Å². The molecule has 3 heterocycles. The summed E-state index contributed by atoms with van der Waals surface area (Å²) in [5.74, 6) is 0.256. The summed E-state index contributed by atoms with van der Waals surface area (Å²) in [7, 11) is 0. The SMILES string of the molecule is Cc1cccc(=O)n1CCCNC(=O)C1CCCN(C2CCOCC2)C1. The van der Waals surface area contributed by atoms with Gasteiger partial charge in [-0.1, -0.05) is 6.07 Å². The number of hydrogen-bond acceptors (Lipinski definition) is 4. The lowest BCUT2D eigenvalue weighted by atomic mass is 9.94. The number of likely N-dealkylation sites (tertiary alicyclic amines) is 1. The molecule has 144 valence electrons. The average molecular weight is 361 g/mol. The number of carbonyl (C=O) groups excluding carboxylic acids is 1. The summed E-state index contributed by atoms with van der Waals surface area (Å²) >= 11 is 0. The number of nitrogens with one attached hydrogen (secondary N) is 1. The van der Waals surface area contributed by atoms with E-state index in [-0.39, 0.29) is 17.4 Å². The summed E-state index contributed by atoms with van der Waals surface area (Å²) < 4.78 is 7.22. The van der Waals surface area contributed by atoms with Gasteiger partial charge in [0, 0.05) is 50.7 Å². The lowest BCUT2D eigenvalue weighted by molar-refractivity contribution is -0.127. The molecule has 1 aromatic rings. The Hall–Kier alpha value is -1.66. The van der Waals surface area contributed by atoms with Crippen LogP contribution in [-0.2, 0) is 16.1 Å². The fourth-order valence-corrected chi connectivity index (χ4v) is 4.11. The van der Waals surface area contributed by atoms with Crippen LogP contribution in [0.4, 0.5) is 0 Å². The van der Waals surface area contributed by atoms with Crippen LogP contribution in [0.3, 0.4) is 0 Å². The molecule has 1 N–H and O–H groups in total. The normalized spacial score (nSPS) is 22.3. The van der Waals surface area contributed by atoms with Crippen LogP contribution < -0.4 is 10.9 Å². The van der Waals surface area contributed by atoms with E-state index in [1.807, 2.05) is 13.0 Å². The highest BCUT2D eigenvalue weighted by Crippen LogP contribution is 2.23. The second-order valence-corrected chi connectivity index (χ2v) is 7.48. The lowest BCUT2D eigenvalue weighted by Crippen LogP contribution is -2.48. The van der Waals surface area contributed by atoms with E-state index >= 15 is 0 Å². The van der Waals surface area contributed by atoms with Crippen molar-refractivity contribution in [2.75, 3.05) is 32.8 Å². The number of carbonyl (C=O) groups is 1. The van der Waals surface area contributed by atoms with Gasteiger partial charge in [0.2, 0.25) is 5.91 Å². The maximum absolute atomic E-state index is 12.5. The van der Waals surface area contributed by atoms with Crippen LogP contribution >= 0.6 is 0 Å². The minimum absolute atomic E-state index is 0.0238. The first-order valence-electron chi connectivity index (χ1n) is 9.91. The van der Waals surface area contributed by atoms with Crippen molar-refractivity contribution in [1.82, 2.24) is 14.8 Å². The Balaban J connectivity index is 1.42. The van der Waals surface area contributed by atoms with Crippen molar-refractivity contribution in [2.24, 2.45) is 5.92 Å². The molecule has 26 heavy (non-hydrogen) atoms. The fraction of sp³-hybridized carbons (Fsp3) is 0.700. The highest BCUT2D eigenvalue weighted by atomic mass is 16.5. The third-order valence-electron chi connectivity index (χ3n) is 5.66. The van der Waals surface area contributed by atoms with Crippen LogP contribution in [0.15, 0.2) is 23.0 Å². The lowest BCUT2D eigenvalue weighted by Gasteiger charge is -2.39. The van der Waals surface area contributed by atoms with Gasteiger partial charge in [-0.3, -0.25) is 14.5 Å². The van der Waals surface area contributed by atoms with Gasteiger partial charge in [0.1, 0.15) is 0 Å². The van der Waals surface area contributed by atoms with Crippen molar-refractivity contribution in [3.8, 4) is 0 Å². The Bertz CT molecular complexity index is 652. The van der Waals surface area contributed by atoms with E-state index in [1.165, 1.54) is 0 Å². The van der Waals surface area contributed by atoms with Crippen LogP contribution in [0.2, 0.25) is 0 Å². The van der Waals surface area contributed by atoms with Crippen LogP contribution in [0.5, 0.6) is 0 Å². The predicted molar refractivity (Wildman–Crippen MR) is 101 cm³/mol. The van der Waals surface area contributed by atoms with Gasteiger partial charge in [-0.2, -0.15) is 0 Å². The summed E-state index contributed by atoms with van der Waals surface area (Å²) in [6.07, 6.45) is 5.00. The van der Waals surface area contributed by atoms with Crippen molar-refractivity contribution in [3.63, 3.8) is 0 Å². The highest BCUT2D eigenvalue weighted by Gasteiger charge is 2.30. The fourth-order valence-electron chi connectivity index (χ4n) is 4.11. The van der Waals surface area contributed by atoms with Crippen molar-refractivity contribution in [1.29, 1.82) is 0 Å². The van der Waals surface area contributed by atoms with Gasteiger partial charge in [-0.15, -0.1) is 0 Å². The standard InChI is InChI=1S/C20H31N3O3/c1-16-5-2-7-19(24)23(16)12-4-10-21-20(25)17-6-3-11-22(15-17)18-8-13-26-14-9-18/h2,5,7,17-18H,3-4,6,8-15H2,1H3,(H,21,25). The molecule has 3 rings (SSSR count). The molecular formula is C20H31N3O3. The summed E-state index contributed by atoms with van der Waals surface area (Å²) in [5, 5.41) is 3.08. The zero-order valence-corrected chi connectivity index (χ0v) is 15.8. The molecule has 1 amide bonds. The molecule has 6 nitrogen and oxygen atoms in total. The van der Waals surface area contributed by atoms with Gasteiger partial charge in [0.15, 0.2) is 0 Å². The molecular weight excluding hydrogens is 330 g/mol. The van der Waals surface area contributed by atoms with Gasteiger partial charge in [-0.05, 0) is 51.6 Å². The number of ether oxygens (including phenoxy) is 1. The zero-order valence-electron chi connectivity index (χ0n) is 15.8. The number of nitrogens with zero attached hydrogens (tertiary/aromatic N) is 2. The number of rotatable bonds is 6. The molecule has 0 aliphatic carbocycles. The molecule has 2 fully saturated rings. The van der Waals surface area contributed by atoms with Gasteiger partial charge in [0.05, 0.1) is 5.92 Å². The smallest absolute Gasteiger partial charge is 0.250 e. The number of amides is 1. The Morgan fingerprint density at radius 2 is 2.08 bits per heavy atom. The largest absolute Gasteiger partial charge is 0.381 e. The van der Waals surface area contributed by atoms with E-state index in [2.05, 4.69) is 10.2 Å². The van der Waals surface area contributed by atoms with Crippen LogP contribution in [0.1, 0.15) is 37.8 Å². The number of aromatic nitrogens is 1. The summed E-state index contributed by atoms with van der Waals surface area (Å²) in [4.78, 5) is 26.9. The second kappa shape index (κ2) is 9.33. The van der Waals surface area contributed by atoms with Crippen LogP contribution in [0.25, 0.3) is 0 Å². The van der Waals surface area contributed by atoms with E-state index in [9.17, 15) is 9.59 Å². The predicted octanol–water partition coefficient (Wildman–Crippen LogP) is 1.55. The molecule has 2 aliphatic heterocycles. The molecule has 1 unspecified atom stereocenters. The zero-order chi connectivity index (χ0) is 18.4. The van der Waals surface area contributed by atoms with Gasteiger partial charge in [-0.25, -0.2) is 0 Å². The Morgan fingerprint density at radius 3 is 2.85 bits per heavy atom. The molecule has 1 aromatic heterocycles. The Morgan fingerprint density at radius 1 is 1.27 bits per heavy atom. The third kappa shape index (κ3) is 4.95. The summed E-state index contributed by atoms with van der Waals surface area (Å²) in [5.41, 5.74) is 0.985. The van der Waals surface area contributed by atoms with Gasteiger partial charge < -0.3 is 14.6 Å². The molecule has 1 atom stereocenters. The summed E-state index contributed by atoms with van der Waals surface area (Å²) in [6, 6.07) is 5.88. The van der Waals surface area contributed by atoms with E-state index in [0.717, 1.165) is 64.1 Å². The minimum atomic E-state index is 0.0238. The number of piperidine rings is 1. The molecule has 6 heteroatoms. The first kappa shape index (κ1) is 19.1. The molecule has 2 aliphatic rings. The van der Waals surface area contributed by atoms with E-state index in [0.29, 0.717) is 19.1 Å². The highest BCUT2D eigenvalue weighted by molar-refractivity contribution is 5.78. The molecule has 0 radical (unpaired) electrons. The van der Waals surface area contributed by atoms with Crippen molar-refractivity contribution >= 4 is 5.91 Å². The molecule has 0 spiro atoms. The Kier molecular flexibility index (Phi) is 6.86. The monoisotopic (exact) mass is 361 g/mol. The van der Waals surface area contributed by atoms with Gasteiger partial charge in [0.25, 0.3) is 5.56 Å². The number of hydrogen-bond donors (Lipinski definition) is 1. The number of aryl methyl sites for hydroxylation is 1. The molecule has 2 saturated heterocycles. The van der Waals surface area contributed by atoms with Crippen molar-refractivity contribution < 1.29 is 9.53 Å². The van der Waals surface area contributed by atoms with Crippen molar-refractivity contribution in [3.05, 3.63) is 34.2 Å². The maximum atomic E-state index is 12.5. The second-order valence-electron chi connectivity index (χ2n) is 7.48. The van der Waals surface area contributed by atoms with Crippen molar-refractivity contribution in [2.45, 2.75) is 51.6 Å². The topological polar surface area (TPSA) is 63.6 Å². The summed E-state index contributed by atoms with van der Waals surface area (Å²) in [6.45, 7) is 6.86. The molecule has 0 bridgehead atoms. The third-order valence-corrected chi connectivity index (χ3v) is 5.66. The van der Waals surface area contributed by atoms with Crippen LogP contribution in [-0.4, -0.2) is 54.3 Å². The molecule has 0 aromatic carbocycles. The first-order chi connectivity index (χ1) is 12.6. The maximum Gasteiger partial charge on any atom is 0.250 e. The van der Waals surface area contributed by atoms with Gasteiger partial charge >= 0.3 is 0 Å². The van der Waals surface area contributed by atoms with Crippen LogP contribution in [0, 0.1) is 12.8 Å².